The van der Waals surface area contributed by atoms with Crippen LogP contribution >= 0.6 is 39.1 Å². The molecule has 0 aliphatic heterocycles. The van der Waals surface area contributed by atoms with Gasteiger partial charge in [0.2, 0.25) is 5.91 Å². The second-order valence-electron chi connectivity index (χ2n) is 3.94. The van der Waals surface area contributed by atoms with Crippen molar-refractivity contribution in [1.29, 1.82) is 0 Å². The van der Waals surface area contributed by atoms with Crippen molar-refractivity contribution >= 4 is 50.7 Å². The predicted octanol–water partition coefficient (Wildman–Crippen LogP) is 4.94. The van der Waals surface area contributed by atoms with E-state index >= 15 is 0 Å². The van der Waals surface area contributed by atoms with Crippen molar-refractivity contribution in [2.75, 3.05) is 5.32 Å². The van der Waals surface area contributed by atoms with Crippen molar-refractivity contribution in [1.82, 2.24) is 0 Å². The molecule has 0 fully saturated rings. The molecule has 0 atom stereocenters. The molecule has 98 valence electrons. The van der Waals surface area contributed by atoms with Crippen LogP contribution in [0.2, 0.25) is 10.0 Å². The third-order valence-electron chi connectivity index (χ3n) is 2.51. The van der Waals surface area contributed by atoms with Crippen LogP contribution in [0.1, 0.15) is 5.56 Å². The summed E-state index contributed by atoms with van der Waals surface area (Å²) in [5, 5.41) is 3.83. The standard InChI is InChI=1S/C14H10BrCl2NO/c15-10-5-6-13(12(17)8-10)18-14(19)7-9-3-1-2-4-11(9)16/h1-6,8H,7H2,(H,18,19). The van der Waals surface area contributed by atoms with Gasteiger partial charge in [0.1, 0.15) is 0 Å². The third-order valence-corrected chi connectivity index (χ3v) is 3.69. The SMILES string of the molecule is O=C(Cc1ccccc1Cl)Nc1ccc(Br)cc1Cl. The number of anilines is 1. The highest BCUT2D eigenvalue weighted by atomic mass is 79.9. The molecule has 2 rings (SSSR count). The Morgan fingerprint density at radius 3 is 2.53 bits per heavy atom. The number of hydrogen-bond donors (Lipinski definition) is 1. The van der Waals surface area contributed by atoms with Gasteiger partial charge in [-0.05, 0) is 29.8 Å². The molecule has 2 aromatic rings. The molecule has 0 unspecified atom stereocenters. The maximum absolute atomic E-state index is 11.9. The molecule has 0 aliphatic rings. The number of amides is 1. The van der Waals surface area contributed by atoms with E-state index in [4.69, 9.17) is 23.2 Å². The van der Waals surface area contributed by atoms with E-state index in [2.05, 4.69) is 21.2 Å². The molecule has 0 radical (unpaired) electrons. The van der Waals surface area contributed by atoms with Crippen LogP contribution in [0.25, 0.3) is 0 Å². The lowest BCUT2D eigenvalue weighted by Gasteiger charge is -2.08. The normalized spacial score (nSPS) is 10.3. The molecule has 0 saturated carbocycles. The van der Waals surface area contributed by atoms with Crippen molar-refractivity contribution in [3.63, 3.8) is 0 Å². The van der Waals surface area contributed by atoms with Gasteiger partial charge in [-0.3, -0.25) is 4.79 Å². The van der Waals surface area contributed by atoms with Crippen molar-refractivity contribution in [3.05, 3.63) is 62.5 Å². The van der Waals surface area contributed by atoms with Crippen LogP contribution in [0.15, 0.2) is 46.9 Å². The minimum atomic E-state index is -0.155. The van der Waals surface area contributed by atoms with E-state index < -0.39 is 0 Å². The molecule has 0 saturated heterocycles. The molecule has 2 nitrogen and oxygen atoms in total. The first-order valence-corrected chi connectivity index (χ1v) is 7.09. The van der Waals surface area contributed by atoms with Crippen molar-refractivity contribution in [2.24, 2.45) is 0 Å². The molecule has 0 bridgehead atoms. The van der Waals surface area contributed by atoms with E-state index in [1.165, 1.54) is 0 Å². The van der Waals surface area contributed by atoms with Gasteiger partial charge in [0.05, 0.1) is 17.1 Å². The second kappa shape index (κ2) is 6.42. The molecule has 2 aromatic carbocycles. The Hall–Kier alpha value is -1.03. The second-order valence-corrected chi connectivity index (χ2v) is 5.67. The Morgan fingerprint density at radius 1 is 1.11 bits per heavy atom. The molecule has 0 spiro atoms. The lowest BCUT2D eigenvalue weighted by atomic mass is 10.1. The molecular formula is C14H10BrCl2NO. The maximum atomic E-state index is 11.9. The lowest BCUT2D eigenvalue weighted by Crippen LogP contribution is -2.14. The van der Waals surface area contributed by atoms with E-state index in [9.17, 15) is 4.79 Å². The first-order valence-electron chi connectivity index (χ1n) is 5.54. The number of hydrogen-bond acceptors (Lipinski definition) is 1. The van der Waals surface area contributed by atoms with E-state index in [1.54, 1.807) is 18.2 Å². The van der Waals surface area contributed by atoms with Crippen molar-refractivity contribution < 1.29 is 4.79 Å². The predicted molar refractivity (Wildman–Crippen MR) is 82.9 cm³/mol. The monoisotopic (exact) mass is 357 g/mol. The zero-order valence-corrected chi connectivity index (χ0v) is 12.9. The van der Waals surface area contributed by atoms with Crippen LogP contribution in [0.5, 0.6) is 0 Å². The smallest absolute Gasteiger partial charge is 0.228 e. The van der Waals surface area contributed by atoms with Crippen LogP contribution in [-0.2, 0) is 11.2 Å². The summed E-state index contributed by atoms with van der Waals surface area (Å²) in [6.45, 7) is 0. The van der Waals surface area contributed by atoms with Gasteiger partial charge in [-0.25, -0.2) is 0 Å². The highest BCUT2D eigenvalue weighted by molar-refractivity contribution is 9.10. The zero-order chi connectivity index (χ0) is 13.8. The number of carbonyl (C=O) groups excluding carboxylic acids is 1. The van der Waals surface area contributed by atoms with E-state index in [0.29, 0.717) is 15.7 Å². The molecular weight excluding hydrogens is 349 g/mol. The minimum Gasteiger partial charge on any atom is -0.324 e. The van der Waals surface area contributed by atoms with Crippen LogP contribution in [0.4, 0.5) is 5.69 Å². The summed E-state index contributed by atoms with van der Waals surface area (Å²) in [5.41, 5.74) is 1.37. The Morgan fingerprint density at radius 2 is 1.84 bits per heavy atom. The Balaban J connectivity index is 2.08. The number of carbonyl (C=O) groups is 1. The van der Waals surface area contributed by atoms with Crippen molar-refractivity contribution in [2.45, 2.75) is 6.42 Å². The van der Waals surface area contributed by atoms with Crippen LogP contribution in [0, 0.1) is 0 Å². The van der Waals surface area contributed by atoms with E-state index in [-0.39, 0.29) is 12.3 Å². The lowest BCUT2D eigenvalue weighted by molar-refractivity contribution is -0.115. The molecule has 1 amide bonds. The topological polar surface area (TPSA) is 29.1 Å². The Bertz CT molecular complexity index is 616. The van der Waals surface area contributed by atoms with E-state index in [1.807, 2.05) is 24.3 Å². The van der Waals surface area contributed by atoms with Gasteiger partial charge in [-0.1, -0.05) is 57.3 Å². The summed E-state index contributed by atoms with van der Waals surface area (Å²) >= 11 is 15.4. The summed E-state index contributed by atoms with van der Waals surface area (Å²) < 4.78 is 0.863. The minimum absolute atomic E-state index is 0.155. The molecule has 1 N–H and O–H groups in total. The number of benzene rings is 2. The summed E-state index contributed by atoms with van der Waals surface area (Å²) in [5.74, 6) is -0.155. The zero-order valence-electron chi connectivity index (χ0n) is 9.79. The first-order chi connectivity index (χ1) is 9.06. The third kappa shape index (κ3) is 3.96. The summed E-state index contributed by atoms with van der Waals surface area (Å²) in [4.78, 5) is 11.9. The summed E-state index contributed by atoms with van der Waals surface area (Å²) in [7, 11) is 0. The van der Waals surface area contributed by atoms with Gasteiger partial charge in [-0.2, -0.15) is 0 Å². The molecule has 0 aromatic heterocycles. The average molecular weight is 359 g/mol. The van der Waals surface area contributed by atoms with Gasteiger partial charge in [-0.15, -0.1) is 0 Å². The molecule has 19 heavy (non-hydrogen) atoms. The number of halogens is 3. The fraction of sp³-hybridized carbons (Fsp3) is 0.0714. The van der Waals surface area contributed by atoms with Gasteiger partial charge >= 0.3 is 0 Å². The summed E-state index contributed by atoms with van der Waals surface area (Å²) in [6, 6.07) is 12.6. The number of rotatable bonds is 3. The van der Waals surface area contributed by atoms with E-state index in [0.717, 1.165) is 10.0 Å². The van der Waals surface area contributed by atoms with Gasteiger partial charge in [0.25, 0.3) is 0 Å². The first kappa shape index (κ1) is 14.4. The van der Waals surface area contributed by atoms with Crippen LogP contribution in [-0.4, -0.2) is 5.91 Å². The van der Waals surface area contributed by atoms with Gasteiger partial charge in [0.15, 0.2) is 0 Å². The Kier molecular flexibility index (Phi) is 4.86. The van der Waals surface area contributed by atoms with Crippen molar-refractivity contribution in [3.8, 4) is 0 Å². The Labute approximate surface area is 129 Å². The fourth-order valence-electron chi connectivity index (χ4n) is 1.60. The highest BCUT2D eigenvalue weighted by Crippen LogP contribution is 2.26. The molecule has 5 heteroatoms. The van der Waals surface area contributed by atoms with Gasteiger partial charge < -0.3 is 5.32 Å². The summed E-state index contributed by atoms with van der Waals surface area (Å²) in [6.07, 6.45) is 0.214. The maximum Gasteiger partial charge on any atom is 0.228 e. The highest BCUT2D eigenvalue weighted by Gasteiger charge is 2.09. The largest absolute Gasteiger partial charge is 0.324 e. The quantitative estimate of drug-likeness (QED) is 0.827. The van der Waals surface area contributed by atoms with Crippen LogP contribution in [0.3, 0.4) is 0 Å². The fourth-order valence-corrected chi connectivity index (χ4v) is 2.52. The molecule has 0 aliphatic carbocycles. The average Bonchev–Trinajstić information content (AvgIpc) is 2.36. The number of nitrogens with one attached hydrogen (secondary N) is 1. The van der Waals surface area contributed by atoms with Crippen LogP contribution < -0.4 is 5.32 Å². The molecule has 0 heterocycles. The van der Waals surface area contributed by atoms with Gasteiger partial charge in [0, 0.05) is 9.50 Å².